The quantitative estimate of drug-likeness (QED) is 0.782. The molecule has 2 atom stereocenters. The molecule has 4 nitrogen and oxygen atoms in total. The molecule has 2 rings (SSSR count). The van der Waals surface area contributed by atoms with Gasteiger partial charge in [0.15, 0.2) is 0 Å². The number of hydrogen-bond donors (Lipinski definition) is 0. The lowest BCUT2D eigenvalue weighted by atomic mass is 9.98. The van der Waals surface area contributed by atoms with Gasteiger partial charge in [0, 0.05) is 18.5 Å². The van der Waals surface area contributed by atoms with Crippen molar-refractivity contribution < 1.29 is 9.59 Å². The van der Waals surface area contributed by atoms with Gasteiger partial charge in [0.2, 0.25) is 11.8 Å². The molecule has 1 aromatic rings. The summed E-state index contributed by atoms with van der Waals surface area (Å²) in [6.07, 6.45) is 2.76. The summed E-state index contributed by atoms with van der Waals surface area (Å²) < 4.78 is 0. The van der Waals surface area contributed by atoms with Gasteiger partial charge in [-0.1, -0.05) is 26.8 Å². The van der Waals surface area contributed by atoms with E-state index in [2.05, 4.69) is 4.98 Å². The molecule has 2 heterocycles. The van der Waals surface area contributed by atoms with Crippen molar-refractivity contribution in [1.29, 1.82) is 0 Å². The second kappa shape index (κ2) is 5.51. The number of nitrogens with zero attached hydrogens (tertiary/aromatic N) is 2. The number of rotatable bonds is 4. The van der Waals surface area contributed by atoms with Gasteiger partial charge in [0.25, 0.3) is 0 Å². The van der Waals surface area contributed by atoms with Crippen LogP contribution in [0.4, 0.5) is 0 Å². The summed E-state index contributed by atoms with van der Waals surface area (Å²) in [6.45, 7) is 5.98. The number of carbonyl (C=O) groups is 2. The Morgan fingerprint density at radius 2 is 2.11 bits per heavy atom. The molecule has 2 unspecified atom stereocenters. The Hall–Kier alpha value is -1.71. The van der Waals surface area contributed by atoms with Crippen LogP contribution in [0, 0.1) is 11.8 Å². The maximum atomic E-state index is 12.3. The Morgan fingerprint density at radius 3 is 2.58 bits per heavy atom. The molecule has 4 heteroatoms. The number of pyridine rings is 1. The molecule has 1 saturated heterocycles. The van der Waals surface area contributed by atoms with Crippen molar-refractivity contribution in [2.75, 3.05) is 0 Å². The van der Waals surface area contributed by atoms with Crippen molar-refractivity contribution in [3.8, 4) is 0 Å². The molecule has 0 aromatic carbocycles. The zero-order valence-electron chi connectivity index (χ0n) is 11.7. The second-order valence-corrected chi connectivity index (χ2v) is 5.35. The number of likely N-dealkylation sites (tertiary alicyclic amines) is 1. The molecule has 1 aromatic heterocycles. The minimum absolute atomic E-state index is 0.0446. The number of hydrogen-bond acceptors (Lipinski definition) is 3. The molecule has 0 saturated carbocycles. The third-order valence-corrected chi connectivity index (χ3v) is 3.67. The minimum atomic E-state index is -0.252. The van der Waals surface area contributed by atoms with E-state index in [4.69, 9.17) is 0 Å². The predicted molar refractivity (Wildman–Crippen MR) is 72.1 cm³/mol. The van der Waals surface area contributed by atoms with Crippen LogP contribution in [0.1, 0.15) is 45.3 Å². The molecule has 1 aliphatic heterocycles. The highest BCUT2D eigenvalue weighted by molar-refractivity contribution is 6.03. The number of carbonyl (C=O) groups excluding carboxylic acids is 2. The highest BCUT2D eigenvalue weighted by Gasteiger charge is 2.43. The first-order valence-corrected chi connectivity index (χ1v) is 6.83. The van der Waals surface area contributed by atoms with E-state index in [1.54, 1.807) is 6.20 Å². The number of amides is 2. The van der Waals surface area contributed by atoms with Gasteiger partial charge in [-0.15, -0.1) is 0 Å². The standard InChI is InChI=1S/C15H20N2O2/c1-4-11-9-13(18)17(15(11)19)14(10(2)3)12-7-5-6-8-16-12/h5-8,10-11,14H,4,9H2,1-3H3. The van der Waals surface area contributed by atoms with Crippen molar-refractivity contribution in [2.24, 2.45) is 11.8 Å². The van der Waals surface area contributed by atoms with E-state index >= 15 is 0 Å². The first-order chi connectivity index (χ1) is 9.06. The lowest BCUT2D eigenvalue weighted by molar-refractivity contribution is -0.143. The Labute approximate surface area is 113 Å². The van der Waals surface area contributed by atoms with E-state index in [-0.39, 0.29) is 29.7 Å². The summed E-state index contributed by atoms with van der Waals surface area (Å²) in [5.74, 6) is -0.117. The Kier molecular flexibility index (Phi) is 3.98. The molecular weight excluding hydrogens is 240 g/mol. The lowest BCUT2D eigenvalue weighted by Gasteiger charge is -2.29. The first-order valence-electron chi connectivity index (χ1n) is 6.83. The maximum Gasteiger partial charge on any atom is 0.233 e. The van der Waals surface area contributed by atoms with Crippen LogP contribution < -0.4 is 0 Å². The lowest BCUT2D eigenvalue weighted by Crippen LogP contribution is -2.37. The van der Waals surface area contributed by atoms with Crippen molar-refractivity contribution in [1.82, 2.24) is 9.88 Å². The van der Waals surface area contributed by atoms with Crippen molar-refractivity contribution in [2.45, 2.75) is 39.7 Å². The van der Waals surface area contributed by atoms with Crippen LogP contribution in [-0.4, -0.2) is 21.7 Å². The van der Waals surface area contributed by atoms with Crippen molar-refractivity contribution in [3.05, 3.63) is 30.1 Å². The Balaban J connectivity index is 2.36. The van der Waals surface area contributed by atoms with E-state index in [0.29, 0.717) is 12.8 Å². The van der Waals surface area contributed by atoms with Gasteiger partial charge in [-0.25, -0.2) is 0 Å². The number of imide groups is 1. The van der Waals surface area contributed by atoms with E-state index in [1.165, 1.54) is 4.90 Å². The Bertz CT molecular complexity index is 470. The highest BCUT2D eigenvalue weighted by atomic mass is 16.2. The topological polar surface area (TPSA) is 50.3 Å². The van der Waals surface area contributed by atoms with Gasteiger partial charge in [-0.2, -0.15) is 0 Å². The molecule has 19 heavy (non-hydrogen) atoms. The minimum Gasteiger partial charge on any atom is -0.274 e. The van der Waals surface area contributed by atoms with Crippen LogP contribution in [0.2, 0.25) is 0 Å². The summed E-state index contributed by atoms with van der Waals surface area (Å²) >= 11 is 0. The van der Waals surface area contributed by atoms with Crippen LogP contribution in [0.5, 0.6) is 0 Å². The van der Waals surface area contributed by atoms with E-state index in [1.807, 2.05) is 39.0 Å². The maximum absolute atomic E-state index is 12.3. The first kappa shape index (κ1) is 13.7. The van der Waals surface area contributed by atoms with Crippen LogP contribution in [0.25, 0.3) is 0 Å². The summed E-state index contributed by atoms with van der Waals surface area (Å²) in [5, 5.41) is 0. The van der Waals surface area contributed by atoms with Gasteiger partial charge in [0.05, 0.1) is 11.7 Å². The van der Waals surface area contributed by atoms with Gasteiger partial charge in [0.1, 0.15) is 0 Å². The van der Waals surface area contributed by atoms with Crippen LogP contribution in [-0.2, 0) is 9.59 Å². The third-order valence-electron chi connectivity index (χ3n) is 3.67. The fourth-order valence-corrected chi connectivity index (χ4v) is 2.65. The molecule has 102 valence electrons. The Morgan fingerprint density at radius 1 is 1.37 bits per heavy atom. The van der Waals surface area contributed by atoms with E-state index in [0.717, 1.165) is 5.69 Å². The van der Waals surface area contributed by atoms with E-state index < -0.39 is 0 Å². The number of aromatic nitrogens is 1. The summed E-state index contributed by atoms with van der Waals surface area (Å²) in [7, 11) is 0. The molecule has 2 amide bonds. The van der Waals surface area contributed by atoms with Crippen LogP contribution >= 0.6 is 0 Å². The molecular formula is C15H20N2O2. The van der Waals surface area contributed by atoms with E-state index in [9.17, 15) is 9.59 Å². The monoisotopic (exact) mass is 260 g/mol. The van der Waals surface area contributed by atoms with Gasteiger partial charge < -0.3 is 0 Å². The molecule has 0 radical (unpaired) electrons. The zero-order chi connectivity index (χ0) is 14.0. The molecule has 0 aliphatic carbocycles. The SMILES string of the molecule is CCC1CC(=O)N(C(c2ccccn2)C(C)C)C1=O. The van der Waals surface area contributed by atoms with Crippen molar-refractivity contribution in [3.63, 3.8) is 0 Å². The highest BCUT2D eigenvalue weighted by Crippen LogP contribution is 2.34. The zero-order valence-corrected chi connectivity index (χ0v) is 11.7. The molecule has 1 aliphatic rings. The molecule has 0 spiro atoms. The third kappa shape index (κ3) is 2.53. The van der Waals surface area contributed by atoms with Crippen LogP contribution in [0.15, 0.2) is 24.4 Å². The second-order valence-electron chi connectivity index (χ2n) is 5.35. The van der Waals surface area contributed by atoms with Gasteiger partial charge in [-0.05, 0) is 24.5 Å². The summed E-state index contributed by atoms with van der Waals surface area (Å²) in [4.78, 5) is 30.2. The summed E-state index contributed by atoms with van der Waals surface area (Å²) in [6, 6.07) is 5.35. The fourth-order valence-electron chi connectivity index (χ4n) is 2.65. The molecule has 0 N–H and O–H groups in total. The largest absolute Gasteiger partial charge is 0.274 e. The smallest absolute Gasteiger partial charge is 0.233 e. The van der Waals surface area contributed by atoms with Crippen molar-refractivity contribution >= 4 is 11.8 Å². The fraction of sp³-hybridized carbons (Fsp3) is 0.533. The molecule has 1 fully saturated rings. The van der Waals surface area contributed by atoms with Gasteiger partial charge in [-0.3, -0.25) is 19.5 Å². The van der Waals surface area contributed by atoms with Crippen LogP contribution in [0.3, 0.4) is 0 Å². The summed E-state index contributed by atoms with van der Waals surface area (Å²) in [5.41, 5.74) is 0.788. The van der Waals surface area contributed by atoms with Gasteiger partial charge >= 0.3 is 0 Å². The average molecular weight is 260 g/mol. The predicted octanol–water partition coefficient (Wildman–Crippen LogP) is 2.56. The molecule has 0 bridgehead atoms. The normalized spacial score (nSPS) is 21.3. The average Bonchev–Trinajstić information content (AvgIpc) is 2.67.